The number of amidine groups is 1. The lowest BCUT2D eigenvalue weighted by Crippen LogP contribution is -2.27. The van der Waals surface area contributed by atoms with E-state index in [0.717, 1.165) is 23.9 Å². The van der Waals surface area contributed by atoms with Crippen LogP contribution in [-0.2, 0) is 6.42 Å². The smallest absolute Gasteiger partial charge is 0.157 e. The molecular formula is C23H24N2S. The second kappa shape index (κ2) is 7.55. The maximum absolute atomic E-state index is 4.63. The number of hydrogen-bond acceptors (Lipinski definition) is 3. The summed E-state index contributed by atoms with van der Waals surface area (Å²) in [6, 6.07) is 22.3. The number of nitrogens with zero attached hydrogens (tertiary/aromatic N) is 1. The monoisotopic (exact) mass is 360 g/mol. The van der Waals surface area contributed by atoms with Gasteiger partial charge in [0.25, 0.3) is 0 Å². The first-order valence-corrected chi connectivity index (χ1v) is 10.2. The van der Waals surface area contributed by atoms with Crippen LogP contribution in [0.15, 0.2) is 65.7 Å². The van der Waals surface area contributed by atoms with Gasteiger partial charge < -0.3 is 5.32 Å². The molecule has 1 aliphatic heterocycles. The number of benzene rings is 3. The van der Waals surface area contributed by atoms with Crippen molar-refractivity contribution in [3.8, 4) is 0 Å². The average molecular weight is 361 g/mol. The Morgan fingerprint density at radius 3 is 2.54 bits per heavy atom. The summed E-state index contributed by atoms with van der Waals surface area (Å²) in [6.45, 7) is 5.26. The Bertz CT molecular complexity index is 936. The highest BCUT2D eigenvalue weighted by Crippen LogP contribution is 2.28. The molecule has 0 aliphatic carbocycles. The molecular weight excluding hydrogens is 336 g/mol. The van der Waals surface area contributed by atoms with Crippen LogP contribution in [0.1, 0.15) is 28.3 Å². The van der Waals surface area contributed by atoms with Crippen LogP contribution in [0.25, 0.3) is 10.8 Å². The zero-order chi connectivity index (χ0) is 17.9. The molecule has 1 heterocycles. The molecule has 132 valence electrons. The van der Waals surface area contributed by atoms with Gasteiger partial charge in [-0.3, -0.25) is 4.99 Å². The third-order valence-electron chi connectivity index (χ3n) is 4.80. The Morgan fingerprint density at radius 1 is 1.00 bits per heavy atom. The minimum absolute atomic E-state index is 0.214. The third-order valence-corrected chi connectivity index (χ3v) is 5.71. The molecule has 0 radical (unpaired) electrons. The molecule has 0 bridgehead atoms. The Hall–Kier alpha value is -2.26. The first kappa shape index (κ1) is 17.2. The molecule has 2 nitrogen and oxygen atoms in total. The van der Waals surface area contributed by atoms with E-state index in [1.54, 1.807) is 0 Å². The van der Waals surface area contributed by atoms with Crippen molar-refractivity contribution in [2.75, 3.05) is 12.3 Å². The number of fused-ring (bicyclic) bond motifs is 1. The minimum Gasteiger partial charge on any atom is -0.358 e. The second-order valence-electron chi connectivity index (χ2n) is 7.00. The normalized spacial score (nSPS) is 15.1. The fourth-order valence-corrected chi connectivity index (χ4v) is 4.57. The van der Waals surface area contributed by atoms with Crippen molar-refractivity contribution in [1.29, 1.82) is 0 Å². The molecule has 1 unspecified atom stereocenters. The van der Waals surface area contributed by atoms with Gasteiger partial charge in [-0.2, -0.15) is 0 Å². The summed E-state index contributed by atoms with van der Waals surface area (Å²) in [4.78, 5) is 4.63. The van der Waals surface area contributed by atoms with Crippen LogP contribution in [0.3, 0.4) is 0 Å². The van der Waals surface area contributed by atoms with Gasteiger partial charge in [0.05, 0.1) is 12.6 Å². The fraction of sp³-hybridized carbons (Fsp3) is 0.261. The molecule has 3 heteroatoms. The third kappa shape index (κ3) is 3.78. The predicted octanol–water partition coefficient (Wildman–Crippen LogP) is 5.43. The van der Waals surface area contributed by atoms with Crippen molar-refractivity contribution in [2.45, 2.75) is 26.3 Å². The molecule has 0 saturated heterocycles. The number of hydrogen-bond donors (Lipinski definition) is 1. The summed E-state index contributed by atoms with van der Waals surface area (Å²) >= 11 is 1.83. The van der Waals surface area contributed by atoms with Gasteiger partial charge in [0, 0.05) is 5.75 Å². The van der Waals surface area contributed by atoms with Crippen LogP contribution in [-0.4, -0.2) is 17.5 Å². The van der Waals surface area contributed by atoms with Crippen LogP contribution < -0.4 is 5.32 Å². The van der Waals surface area contributed by atoms with Gasteiger partial charge in [-0.25, -0.2) is 0 Å². The number of aliphatic imine (C=N–C) groups is 1. The summed E-state index contributed by atoms with van der Waals surface area (Å²) in [7, 11) is 0. The Balaban J connectivity index is 1.74. The van der Waals surface area contributed by atoms with Crippen LogP contribution in [0.5, 0.6) is 0 Å². The number of aryl methyl sites for hydroxylation is 2. The Labute approximate surface area is 159 Å². The van der Waals surface area contributed by atoms with Gasteiger partial charge in [-0.15, -0.1) is 0 Å². The molecule has 1 atom stereocenters. The SMILES string of the molecule is Cc1cc(C)cc(CC(NC2=NCCS2)c2cccc3ccccc23)c1. The van der Waals surface area contributed by atoms with Crippen LogP contribution in [0, 0.1) is 13.8 Å². The minimum atomic E-state index is 0.214. The van der Waals surface area contributed by atoms with Crippen molar-refractivity contribution >= 4 is 27.7 Å². The number of rotatable bonds is 4. The van der Waals surface area contributed by atoms with Crippen LogP contribution in [0.2, 0.25) is 0 Å². The summed E-state index contributed by atoms with van der Waals surface area (Å²) < 4.78 is 0. The predicted molar refractivity (Wildman–Crippen MR) is 114 cm³/mol. The lowest BCUT2D eigenvalue weighted by atomic mass is 9.93. The summed E-state index contributed by atoms with van der Waals surface area (Å²) in [5.74, 6) is 1.08. The zero-order valence-corrected chi connectivity index (χ0v) is 16.1. The first-order chi connectivity index (χ1) is 12.7. The highest BCUT2D eigenvalue weighted by molar-refractivity contribution is 8.14. The fourth-order valence-electron chi connectivity index (χ4n) is 3.79. The van der Waals surface area contributed by atoms with E-state index < -0.39 is 0 Å². The van der Waals surface area contributed by atoms with E-state index in [-0.39, 0.29) is 6.04 Å². The molecule has 4 rings (SSSR count). The summed E-state index contributed by atoms with van der Waals surface area (Å²) in [5, 5.41) is 7.41. The second-order valence-corrected chi connectivity index (χ2v) is 8.08. The quantitative estimate of drug-likeness (QED) is 0.670. The highest BCUT2D eigenvalue weighted by Gasteiger charge is 2.19. The molecule has 3 aromatic carbocycles. The van der Waals surface area contributed by atoms with E-state index in [9.17, 15) is 0 Å². The number of nitrogens with one attached hydrogen (secondary N) is 1. The first-order valence-electron chi connectivity index (χ1n) is 9.18. The number of thioether (sulfide) groups is 1. The molecule has 0 aromatic heterocycles. The van der Waals surface area contributed by atoms with Gasteiger partial charge in [0.1, 0.15) is 0 Å². The van der Waals surface area contributed by atoms with Gasteiger partial charge in [-0.1, -0.05) is 83.6 Å². The maximum Gasteiger partial charge on any atom is 0.157 e. The van der Waals surface area contributed by atoms with Gasteiger partial charge in [-0.05, 0) is 42.2 Å². The molecule has 1 aliphatic rings. The lowest BCUT2D eigenvalue weighted by Gasteiger charge is -2.22. The highest BCUT2D eigenvalue weighted by atomic mass is 32.2. The zero-order valence-electron chi connectivity index (χ0n) is 15.3. The van der Waals surface area contributed by atoms with E-state index in [1.165, 1.54) is 33.0 Å². The van der Waals surface area contributed by atoms with Crippen LogP contribution >= 0.6 is 11.8 Å². The van der Waals surface area contributed by atoms with Gasteiger partial charge in [0.2, 0.25) is 0 Å². The Kier molecular flexibility index (Phi) is 4.98. The molecule has 0 saturated carbocycles. The molecule has 0 amide bonds. The molecule has 26 heavy (non-hydrogen) atoms. The Morgan fingerprint density at radius 2 is 1.77 bits per heavy atom. The topological polar surface area (TPSA) is 24.4 Å². The standard InChI is InChI=1S/C23H24N2S/c1-16-12-17(2)14-18(13-16)15-22(25-23-24-10-11-26-23)21-9-5-7-19-6-3-4-8-20(19)21/h3-9,12-14,22H,10-11,15H2,1-2H3,(H,24,25). The van der Waals surface area contributed by atoms with Crippen molar-refractivity contribution in [3.63, 3.8) is 0 Å². The van der Waals surface area contributed by atoms with Crippen LogP contribution in [0.4, 0.5) is 0 Å². The van der Waals surface area contributed by atoms with Crippen molar-refractivity contribution in [1.82, 2.24) is 5.32 Å². The van der Waals surface area contributed by atoms with E-state index in [2.05, 4.69) is 84.8 Å². The lowest BCUT2D eigenvalue weighted by molar-refractivity contribution is 0.653. The van der Waals surface area contributed by atoms with Gasteiger partial charge >= 0.3 is 0 Å². The average Bonchev–Trinajstić information content (AvgIpc) is 3.13. The molecule has 1 N–H and O–H groups in total. The van der Waals surface area contributed by atoms with Crippen molar-refractivity contribution in [3.05, 3.63) is 82.9 Å². The largest absolute Gasteiger partial charge is 0.358 e. The summed E-state index contributed by atoms with van der Waals surface area (Å²) in [6.07, 6.45) is 0.954. The van der Waals surface area contributed by atoms with E-state index >= 15 is 0 Å². The van der Waals surface area contributed by atoms with E-state index in [4.69, 9.17) is 0 Å². The molecule has 0 fully saturated rings. The van der Waals surface area contributed by atoms with Crippen molar-refractivity contribution < 1.29 is 0 Å². The molecule has 0 spiro atoms. The molecule has 3 aromatic rings. The van der Waals surface area contributed by atoms with E-state index in [1.807, 2.05) is 11.8 Å². The van der Waals surface area contributed by atoms with E-state index in [0.29, 0.717) is 0 Å². The summed E-state index contributed by atoms with van der Waals surface area (Å²) in [5.41, 5.74) is 5.36. The van der Waals surface area contributed by atoms with Gasteiger partial charge in [0.15, 0.2) is 5.17 Å². The maximum atomic E-state index is 4.63. The van der Waals surface area contributed by atoms with Crippen molar-refractivity contribution in [2.24, 2.45) is 4.99 Å².